The molecule has 1 aromatic heterocycles. The summed E-state index contributed by atoms with van der Waals surface area (Å²) < 4.78 is 47.6. The summed E-state index contributed by atoms with van der Waals surface area (Å²) in [6, 6.07) is 44.6. The number of para-hydroxylation sites is 3. The Balaban J connectivity index is 1.08. The Morgan fingerprint density at radius 1 is 0.457 bits per heavy atom. The topological polar surface area (TPSA) is 16.4 Å². The molecule has 0 N–H and O–H groups in total. The highest BCUT2D eigenvalue weighted by Gasteiger charge is 2.25. The van der Waals surface area contributed by atoms with Gasteiger partial charge in [0.2, 0.25) is 0 Å². The van der Waals surface area contributed by atoms with E-state index in [1.165, 1.54) is 16.7 Å². The van der Waals surface area contributed by atoms with Crippen LogP contribution in [0.1, 0.15) is 6.85 Å². The molecule has 1 heterocycles. The number of rotatable bonds is 4. The van der Waals surface area contributed by atoms with Gasteiger partial charge in [-0.3, -0.25) is 0 Å². The third-order valence-corrected chi connectivity index (χ3v) is 9.20. The van der Waals surface area contributed by atoms with E-state index in [2.05, 4.69) is 95.9 Å². The molecule has 0 spiro atoms. The Kier molecular flexibility index (Phi) is 4.37. The molecule has 1 aliphatic carbocycles. The van der Waals surface area contributed by atoms with Gasteiger partial charge in [0, 0.05) is 22.1 Å². The van der Waals surface area contributed by atoms with E-state index in [9.17, 15) is 0 Å². The van der Waals surface area contributed by atoms with Gasteiger partial charge < -0.3 is 9.32 Å². The SMILES string of the molecule is [2H]c1c([2H])c([2H])c(-c2ccc3cc4c(cc3c2)-c2cc3ccc(N(c5ccccc5)c5cccc6c5oc5ccccc56)cc3cc2-4)c([2H])c1[2H]. The largest absolute Gasteiger partial charge is 0.454 e. The van der Waals surface area contributed by atoms with Gasteiger partial charge in [-0.2, -0.15) is 0 Å². The first-order valence-corrected chi connectivity index (χ1v) is 15.3. The molecular formula is C44H27NO. The number of hydrogen-bond donors (Lipinski definition) is 0. The van der Waals surface area contributed by atoms with E-state index in [1.807, 2.05) is 42.5 Å². The smallest absolute Gasteiger partial charge is 0.159 e. The minimum Gasteiger partial charge on any atom is -0.454 e. The monoisotopic (exact) mass is 590 g/mol. The Bertz CT molecular complexity index is 2900. The average Bonchev–Trinajstić information content (AvgIpc) is 3.55. The maximum atomic E-state index is 8.46. The molecule has 0 saturated heterocycles. The van der Waals surface area contributed by atoms with Crippen molar-refractivity contribution in [2.75, 3.05) is 4.90 Å². The van der Waals surface area contributed by atoms with Crippen molar-refractivity contribution in [3.8, 4) is 33.4 Å². The lowest BCUT2D eigenvalue weighted by Gasteiger charge is -2.28. The van der Waals surface area contributed by atoms with Crippen molar-refractivity contribution in [3.63, 3.8) is 0 Å². The average molecular weight is 591 g/mol. The summed E-state index contributed by atoms with van der Waals surface area (Å²) >= 11 is 0. The lowest BCUT2D eigenvalue weighted by atomic mass is 9.77. The molecule has 0 bridgehead atoms. The Morgan fingerprint density at radius 2 is 1.11 bits per heavy atom. The summed E-state index contributed by atoms with van der Waals surface area (Å²) in [6.07, 6.45) is 0. The summed E-state index contributed by atoms with van der Waals surface area (Å²) in [4.78, 5) is 2.26. The molecule has 2 heteroatoms. The van der Waals surface area contributed by atoms with Crippen LogP contribution in [0.15, 0.2) is 168 Å². The predicted molar refractivity (Wildman–Crippen MR) is 193 cm³/mol. The quantitative estimate of drug-likeness (QED) is 0.203. The van der Waals surface area contributed by atoms with Crippen molar-refractivity contribution in [2.24, 2.45) is 0 Å². The van der Waals surface area contributed by atoms with Gasteiger partial charge in [-0.15, -0.1) is 0 Å². The number of benzene rings is 8. The van der Waals surface area contributed by atoms with Crippen LogP contribution in [0, 0.1) is 0 Å². The summed E-state index contributed by atoms with van der Waals surface area (Å²) in [5.74, 6) is 0. The molecule has 10 rings (SSSR count). The van der Waals surface area contributed by atoms with E-state index in [4.69, 9.17) is 11.3 Å². The predicted octanol–water partition coefficient (Wildman–Crippen LogP) is 12.7. The maximum Gasteiger partial charge on any atom is 0.159 e. The van der Waals surface area contributed by atoms with E-state index in [-0.39, 0.29) is 35.8 Å². The summed E-state index contributed by atoms with van der Waals surface area (Å²) in [7, 11) is 0. The van der Waals surface area contributed by atoms with E-state index in [1.54, 1.807) is 0 Å². The van der Waals surface area contributed by atoms with Gasteiger partial charge in [0.25, 0.3) is 0 Å². The van der Waals surface area contributed by atoms with E-state index in [0.717, 1.165) is 66.1 Å². The Hall–Kier alpha value is -6.12. The molecule has 8 aromatic carbocycles. The fourth-order valence-corrected chi connectivity index (χ4v) is 7.01. The first-order valence-electron chi connectivity index (χ1n) is 17.8. The number of furan rings is 1. The molecule has 1 aliphatic rings. The first-order chi connectivity index (χ1) is 24.9. The van der Waals surface area contributed by atoms with Gasteiger partial charge in [-0.1, -0.05) is 96.9 Å². The van der Waals surface area contributed by atoms with Gasteiger partial charge in [-0.25, -0.2) is 0 Å². The molecular weight excluding hydrogens is 558 g/mol. The molecule has 46 heavy (non-hydrogen) atoms. The zero-order chi connectivity index (χ0) is 34.5. The zero-order valence-corrected chi connectivity index (χ0v) is 24.6. The van der Waals surface area contributed by atoms with Crippen molar-refractivity contribution < 1.29 is 11.3 Å². The second-order valence-electron chi connectivity index (χ2n) is 11.8. The first kappa shape index (κ1) is 20.8. The van der Waals surface area contributed by atoms with Gasteiger partial charge >= 0.3 is 0 Å². The molecule has 9 aromatic rings. The Labute approximate surface area is 273 Å². The van der Waals surface area contributed by atoms with E-state index >= 15 is 0 Å². The number of anilines is 3. The molecule has 0 aliphatic heterocycles. The van der Waals surface area contributed by atoms with E-state index < -0.39 is 0 Å². The van der Waals surface area contributed by atoms with Crippen LogP contribution in [0.3, 0.4) is 0 Å². The van der Waals surface area contributed by atoms with Crippen LogP contribution >= 0.6 is 0 Å². The molecule has 0 atom stereocenters. The Morgan fingerprint density at radius 3 is 1.89 bits per heavy atom. The third-order valence-electron chi connectivity index (χ3n) is 9.20. The minimum atomic E-state index is -0.386. The highest BCUT2D eigenvalue weighted by Crippen LogP contribution is 2.51. The molecule has 0 unspecified atom stereocenters. The van der Waals surface area contributed by atoms with Crippen molar-refractivity contribution in [2.45, 2.75) is 0 Å². The van der Waals surface area contributed by atoms with Crippen LogP contribution in [0.5, 0.6) is 0 Å². The van der Waals surface area contributed by atoms with Crippen LogP contribution in [-0.4, -0.2) is 0 Å². The molecule has 2 nitrogen and oxygen atoms in total. The van der Waals surface area contributed by atoms with Gasteiger partial charge in [0.1, 0.15) is 5.58 Å². The van der Waals surface area contributed by atoms with Crippen molar-refractivity contribution in [1.82, 2.24) is 0 Å². The lowest BCUT2D eigenvalue weighted by Crippen LogP contribution is -2.10. The van der Waals surface area contributed by atoms with Crippen LogP contribution in [-0.2, 0) is 0 Å². The van der Waals surface area contributed by atoms with Crippen LogP contribution in [0.2, 0.25) is 0 Å². The van der Waals surface area contributed by atoms with Gasteiger partial charge in [0.15, 0.2) is 5.58 Å². The zero-order valence-electron chi connectivity index (χ0n) is 29.6. The van der Waals surface area contributed by atoms with Crippen molar-refractivity contribution in [1.29, 1.82) is 0 Å². The van der Waals surface area contributed by atoms with Crippen molar-refractivity contribution in [3.05, 3.63) is 164 Å². The molecule has 0 amide bonds. The highest BCUT2D eigenvalue weighted by molar-refractivity contribution is 6.13. The van der Waals surface area contributed by atoms with Crippen molar-refractivity contribution >= 4 is 60.5 Å². The number of fused-ring (bicyclic) bond motifs is 9. The molecule has 214 valence electrons. The maximum absolute atomic E-state index is 8.46. The second kappa shape index (κ2) is 9.69. The van der Waals surface area contributed by atoms with E-state index in [0.29, 0.717) is 5.56 Å². The fourth-order valence-electron chi connectivity index (χ4n) is 7.01. The van der Waals surface area contributed by atoms with Crippen LogP contribution in [0.4, 0.5) is 17.1 Å². The van der Waals surface area contributed by atoms with Crippen LogP contribution in [0.25, 0.3) is 76.9 Å². The van der Waals surface area contributed by atoms with Gasteiger partial charge in [0.05, 0.1) is 12.5 Å². The summed E-state index contributed by atoms with van der Waals surface area (Å²) in [6.45, 7) is 0. The number of nitrogens with zero attached hydrogens (tertiary/aromatic N) is 1. The summed E-state index contributed by atoms with van der Waals surface area (Å²) in [5, 5.41) is 6.42. The number of hydrogen-bond acceptors (Lipinski definition) is 2. The minimum absolute atomic E-state index is 0.194. The standard InChI is InChI=1S/C44H27NO/c1-3-10-28(11-4-1)29-18-19-30-24-38-40(26-32(30)22-29)39-25-31-20-21-35(23-33(31)27-41(38)39)45(34-12-5-2-6-13-34)42-16-9-15-37-36-14-7-8-17-43(36)46-44(37)42/h1-27H/i1D,3D,4D,10D,11D. The molecule has 0 radical (unpaired) electrons. The highest BCUT2D eigenvalue weighted by atomic mass is 16.3. The molecule has 0 saturated carbocycles. The normalized spacial score (nSPS) is 13.4. The second-order valence-corrected chi connectivity index (χ2v) is 11.8. The van der Waals surface area contributed by atoms with Crippen LogP contribution < -0.4 is 4.90 Å². The molecule has 0 fully saturated rings. The summed E-state index contributed by atoms with van der Waals surface area (Å²) in [5.41, 5.74) is 10.2. The fraction of sp³-hybridized carbons (Fsp3) is 0. The third kappa shape index (κ3) is 3.77. The lowest BCUT2D eigenvalue weighted by molar-refractivity contribution is 0.669. The van der Waals surface area contributed by atoms with Gasteiger partial charge in [-0.05, 0) is 122 Å².